The predicted molar refractivity (Wildman–Crippen MR) is 122 cm³/mol. The molecule has 1 atom stereocenters. The summed E-state index contributed by atoms with van der Waals surface area (Å²) in [5.74, 6) is 1.20. The van der Waals surface area contributed by atoms with Crippen LogP contribution < -0.4 is 5.32 Å². The van der Waals surface area contributed by atoms with Crippen LogP contribution in [0.1, 0.15) is 38.0 Å². The third-order valence-corrected chi connectivity index (χ3v) is 5.68. The van der Waals surface area contributed by atoms with Crippen LogP contribution in [-0.4, -0.2) is 46.3 Å². The molecule has 2 N–H and O–H groups in total. The molecule has 0 spiro atoms. The molecule has 1 unspecified atom stereocenters. The minimum atomic E-state index is -1.18. The van der Waals surface area contributed by atoms with Crippen LogP contribution in [0.15, 0.2) is 34.9 Å². The quantitative estimate of drug-likeness (QED) is 0.339. The summed E-state index contributed by atoms with van der Waals surface area (Å²) < 4.78 is 17.0. The Kier molecular flexibility index (Phi) is 7.59. The number of oxazole rings is 1. The molecule has 3 aromatic rings. The van der Waals surface area contributed by atoms with Gasteiger partial charge in [0.05, 0.1) is 17.3 Å². The smallest absolute Gasteiger partial charge is 0.235 e. The van der Waals surface area contributed by atoms with Crippen molar-refractivity contribution in [2.75, 3.05) is 25.1 Å². The number of rotatable bonds is 8. The van der Waals surface area contributed by atoms with Crippen LogP contribution in [0.4, 0.5) is 5.69 Å². The molecular formula is C22H24Cl2N4O4. The number of halogens is 2. The van der Waals surface area contributed by atoms with Crippen LogP contribution in [0, 0.1) is 0 Å². The van der Waals surface area contributed by atoms with E-state index >= 15 is 0 Å². The van der Waals surface area contributed by atoms with Gasteiger partial charge in [0, 0.05) is 30.9 Å². The fraction of sp³-hybridized carbons (Fsp3) is 0.409. The van der Waals surface area contributed by atoms with Crippen molar-refractivity contribution in [3.8, 4) is 22.7 Å². The molecule has 0 radical (unpaired) electrons. The highest BCUT2D eigenvalue weighted by atomic mass is 35.5. The molecule has 8 nitrogen and oxygen atoms in total. The molecule has 3 heterocycles. The molecule has 32 heavy (non-hydrogen) atoms. The van der Waals surface area contributed by atoms with Gasteiger partial charge in [-0.3, -0.25) is 0 Å². The van der Waals surface area contributed by atoms with Gasteiger partial charge in [0.2, 0.25) is 11.7 Å². The Morgan fingerprint density at radius 2 is 2.03 bits per heavy atom. The molecule has 1 aliphatic rings. The van der Waals surface area contributed by atoms with Gasteiger partial charge in [0.15, 0.2) is 11.7 Å². The van der Waals surface area contributed by atoms with E-state index in [-0.39, 0.29) is 11.2 Å². The monoisotopic (exact) mass is 478 g/mol. The van der Waals surface area contributed by atoms with Gasteiger partial charge in [-0.2, -0.15) is 0 Å². The lowest BCUT2D eigenvalue weighted by Gasteiger charge is -2.18. The second-order valence-electron chi connectivity index (χ2n) is 7.36. The van der Waals surface area contributed by atoms with Crippen molar-refractivity contribution in [3.63, 3.8) is 0 Å². The SMILES string of the molecule is CCCOC(O)Nc1cccc(-c2nc(C3CCOCC3)oc2-c2ccnc(Cl)n2)c1Cl. The topological polar surface area (TPSA) is 103 Å². The molecule has 2 aromatic heterocycles. The van der Waals surface area contributed by atoms with E-state index in [9.17, 15) is 5.11 Å². The van der Waals surface area contributed by atoms with Gasteiger partial charge in [-0.1, -0.05) is 30.7 Å². The summed E-state index contributed by atoms with van der Waals surface area (Å²) in [6.07, 6.45) is 2.80. The molecule has 170 valence electrons. The minimum absolute atomic E-state index is 0.107. The van der Waals surface area contributed by atoms with Crippen molar-refractivity contribution in [3.05, 3.63) is 46.7 Å². The highest BCUT2D eigenvalue weighted by molar-refractivity contribution is 6.36. The molecule has 4 rings (SSSR count). The van der Waals surface area contributed by atoms with E-state index in [4.69, 9.17) is 42.1 Å². The molecule has 1 fully saturated rings. The number of hydrogen-bond acceptors (Lipinski definition) is 8. The Balaban J connectivity index is 1.75. The van der Waals surface area contributed by atoms with E-state index in [2.05, 4.69) is 15.3 Å². The first-order valence-electron chi connectivity index (χ1n) is 10.5. The maximum atomic E-state index is 10.1. The Morgan fingerprint density at radius 3 is 2.78 bits per heavy atom. The number of hydrogen-bond donors (Lipinski definition) is 2. The fourth-order valence-corrected chi connectivity index (χ4v) is 3.92. The third kappa shape index (κ3) is 5.22. The molecular weight excluding hydrogens is 455 g/mol. The van der Waals surface area contributed by atoms with Crippen molar-refractivity contribution in [1.29, 1.82) is 0 Å². The zero-order valence-electron chi connectivity index (χ0n) is 17.6. The lowest BCUT2D eigenvalue weighted by Crippen LogP contribution is -2.23. The van der Waals surface area contributed by atoms with Crippen molar-refractivity contribution in [2.45, 2.75) is 38.5 Å². The van der Waals surface area contributed by atoms with Gasteiger partial charge in [-0.15, -0.1) is 0 Å². The number of benzene rings is 1. The molecule has 1 aliphatic heterocycles. The van der Waals surface area contributed by atoms with Gasteiger partial charge in [0.1, 0.15) is 11.4 Å². The van der Waals surface area contributed by atoms with Crippen LogP contribution in [0.2, 0.25) is 10.3 Å². The first kappa shape index (κ1) is 22.9. The average molecular weight is 479 g/mol. The summed E-state index contributed by atoms with van der Waals surface area (Å²) in [5, 5.41) is 13.4. The molecule has 0 amide bonds. The first-order chi connectivity index (χ1) is 15.6. The van der Waals surface area contributed by atoms with Crippen molar-refractivity contribution < 1.29 is 19.0 Å². The molecule has 0 aliphatic carbocycles. The zero-order valence-corrected chi connectivity index (χ0v) is 19.1. The van der Waals surface area contributed by atoms with Gasteiger partial charge in [0.25, 0.3) is 0 Å². The zero-order chi connectivity index (χ0) is 22.5. The molecule has 10 heteroatoms. The molecule has 0 saturated carbocycles. The number of anilines is 1. The highest BCUT2D eigenvalue weighted by Gasteiger charge is 2.27. The molecule has 1 aromatic carbocycles. The highest BCUT2D eigenvalue weighted by Crippen LogP contribution is 2.41. The Bertz CT molecular complexity index is 1060. The second kappa shape index (κ2) is 10.6. The van der Waals surface area contributed by atoms with Crippen molar-refractivity contribution in [2.24, 2.45) is 0 Å². The second-order valence-corrected chi connectivity index (χ2v) is 8.08. The van der Waals surface area contributed by atoms with Gasteiger partial charge in [-0.25, -0.2) is 15.0 Å². The normalized spacial score (nSPS) is 15.6. The van der Waals surface area contributed by atoms with E-state index < -0.39 is 6.41 Å². The van der Waals surface area contributed by atoms with E-state index in [1.807, 2.05) is 19.1 Å². The first-order valence-corrected chi connectivity index (χ1v) is 11.2. The summed E-state index contributed by atoms with van der Waals surface area (Å²) >= 11 is 12.7. The number of aromatic nitrogens is 3. The number of ether oxygens (including phenoxy) is 2. The van der Waals surface area contributed by atoms with Crippen LogP contribution >= 0.6 is 23.2 Å². The standard InChI is InChI=1S/C22H24Cl2N4O4/c1-2-10-31-22(29)27-15-5-3-4-14(17(15)23)18-19(16-6-9-25-21(24)26-16)32-20(28-18)13-7-11-30-12-8-13/h3-6,9,13,22,27,29H,2,7-8,10-12H2,1H3. The summed E-state index contributed by atoms with van der Waals surface area (Å²) in [4.78, 5) is 13.1. The van der Waals surface area contributed by atoms with E-state index in [1.165, 1.54) is 0 Å². The summed E-state index contributed by atoms with van der Waals surface area (Å²) in [6.45, 7) is 3.70. The van der Waals surface area contributed by atoms with Gasteiger partial charge in [-0.05, 0) is 43.0 Å². The van der Waals surface area contributed by atoms with Gasteiger partial charge < -0.3 is 24.3 Å². The van der Waals surface area contributed by atoms with Crippen LogP contribution in [0.25, 0.3) is 22.7 Å². The van der Waals surface area contributed by atoms with Crippen molar-refractivity contribution >= 4 is 28.9 Å². The van der Waals surface area contributed by atoms with Crippen molar-refractivity contribution in [1.82, 2.24) is 15.0 Å². The fourth-order valence-electron chi connectivity index (χ4n) is 3.50. The van der Waals surface area contributed by atoms with Crippen LogP contribution in [0.3, 0.4) is 0 Å². The summed E-state index contributed by atoms with van der Waals surface area (Å²) in [6, 6.07) is 7.12. The maximum Gasteiger partial charge on any atom is 0.235 e. The number of aliphatic hydroxyl groups is 1. The average Bonchev–Trinajstić information content (AvgIpc) is 3.25. The summed E-state index contributed by atoms with van der Waals surface area (Å²) in [5.41, 5.74) is 2.19. The molecule has 0 bridgehead atoms. The lowest BCUT2D eigenvalue weighted by atomic mass is 10.0. The Morgan fingerprint density at radius 1 is 1.22 bits per heavy atom. The van der Waals surface area contributed by atoms with Gasteiger partial charge >= 0.3 is 0 Å². The Hall–Kier alpha value is -2.23. The molecule has 1 saturated heterocycles. The van der Waals surface area contributed by atoms with Crippen LogP contribution in [0.5, 0.6) is 0 Å². The lowest BCUT2D eigenvalue weighted by molar-refractivity contribution is -0.0777. The summed E-state index contributed by atoms with van der Waals surface area (Å²) in [7, 11) is 0. The number of aliphatic hydroxyl groups excluding tert-OH is 1. The largest absolute Gasteiger partial charge is 0.438 e. The van der Waals surface area contributed by atoms with Crippen LogP contribution in [-0.2, 0) is 9.47 Å². The Labute approximate surface area is 195 Å². The number of nitrogens with one attached hydrogen (secondary N) is 1. The maximum absolute atomic E-state index is 10.1. The van der Waals surface area contributed by atoms with E-state index in [0.29, 0.717) is 59.1 Å². The minimum Gasteiger partial charge on any atom is -0.438 e. The third-order valence-electron chi connectivity index (χ3n) is 5.09. The van der Waals surface area contributed by atoms with E-state index in [1.54, 1.807) is 18.3 Å². The predicted octanol–water partition coefficient (Wildman–Crippen LogP) is 5.11. The number of nitrogens with zero attached hydrogens (tertiary/aromatic N) is 3. The van der Waals surface area contributed by atoms with E-state index in [0.717, 1.165) is 19.3 Å².